The summed E-state index contributed by atoms with van der Waals surface area (Å²) in [5.41, 5.74) is 1.62. The van der Waals surface area contributed by atoms with Crippen molar-refractivity contribution in [3.05, 3.63) is 60.2 Å². The van der Waals surface area contributed by atoms with Crippen LogP contribution in [0.3, 0.4) is 0 Å². The Hall–Kier alpha value is -3.15. The van der Waals surface area contributed by atoms with E-state index in [4.69, 9.17) is 9.47 Å². The fourth-order valence-electron chi connectivity index (χ4n) is 1.71. The minimum Gasteiger partial charge on any atom is -0.460 e. The van der Waals surface area contributed by atoms with E-state index in [1.54, 1.807) is 50.3 Å². The lowest BCUT2D eigenvalue weighted by atomic mass is 10.1. The van der Waals surface area contributed by atoms with Crippen molar-refractivity contribution in [2.24, 2.45) is 0 Å². The van der Waals surface area contributed by atoms with Gasteiger partial charge >= 0.3 is 17.9 Å². The quantitative estimate of drug-likeness (QED) is 0.292. The number of esters is 3. The predicted molar refractivity (Wildman–Crippen MR) is 97.9 cm³/mol. The molecule has 0 radical (unpaired) electrons. The highest BCUT2D eigenvalue weighted by Gasteiger charge is 2.01. The number of hydrogen-bond acceptors (Lipinski definition) is 6. The van der Waals surface area contributed by atoms with Gasteiger partial charge < -0.3 is 14.2 Å². The third-order valence-electron chi connectivity index (χ3n) is 2.85. The molecule has 0 amide bonds. The summed E-state index contributed by atoms with van der Waals surface area (Å²) in [7, 11) is 0. The van der Waals surface area contributed by atoms with Gasteiger partial charge in [-0.15, -0.1) is 0 Å². The van der Waals surface area contributed by atoms with Crippen LogP contribution in [0, 0.1) is 0 Å². The largest absolute Gasteiger partial charge is 0.460 e. The maximum Gasteiger partial charge on any atom is 0.331 e. The maximum atomic E-state index is 11.5. The summed E-state index contributed by atoms with van der Waals surface area (Å²) >= 11 is 0. The number of hydrogen-bond donors (Lipinski definition) is 0. The molecule has 26 heavy (non-hydrogen) atoms. The summed E-state index contributed by atoms with van der Waals surface area (Å²) in [5, 5.41) is 0. The van der Waals surface area contributed by atoms with Gasteiger partial charge in [0.2, 0.25) is 0 Å². The van der Waals surface area contributed by atoms with Crippen molar-refractivity contribution < 1.29 is 28.6 Å². The Balaban J connectivity index is 2.43. The van der Waals surface area contributed by atoms with Crippen molar-refractivity contribution in [2.75, 3.05) is 13.2 Å². The first-order chi connectivity index (χ1) is 12.4. The summed E-state index contributed by atoms with van der Waals surface area (Å²) in [4.78, 5) is 33.8. The molecule has 0 saturated heterocycles. The van der Waals surface area contributed by atoms with Gasteiger partial charge in [0.25, 0.3) is 0 Å². The fourth-order valence-corrected chi connectivity index (χ4v) is 1.71. The highest BCUT2D eigenvalue weighted by atomic mass is 16.6. The van der Waals surface area contributed by atoms with E-state index in [-0.39, 0.29) is 19.3 Å². The Kier molecular flexibility index (Phi) is 9.17. The summed E-state index contributed by atoms with van der Waals surface area (Å²) < 4.78 is 14.6. The van der Waals surface area contributed by atoms with Crippen LogP contribution in [0.2, 0.25) is 0 Å². The van der Waals surface area contributed by atoms with Crippen LogP contribution in [0.1, 0.15) is 25.0 Å². The van der Waals surface area contributed by atoms with E-state index in [1.807, 2.05) is 0 Å². The zero-order valence-corrected chi connectivity index (χ0v) is 14.8. The van der Waals surface area contributed by atoms with Crippen LogP contribution in [0.25, 0.3) is 12.2 Å². The number of carbonyl (C=O) groups is 3. The van der Waals surface area contributed by atoms with Crippen LogP contribution in [-0.4, -0.2) is 37.2 Å². The van der Waals surface area contributed by atoms with Gasteiger partial charge in [-0.05, 0) is 37.1 Å². The maximum absolute atomic E-state index is 11.5. The monoisotopic (exact) mass is 358 g/mol. The molecule has 0 fully saturated rings. The first-order valence-electron chi connectivity index (χ1n) is 8.03. The summed E-state index contributed by atoms with van der Waals surface area (Å²) in [6.07, 6.45) is 6.76. The molecule has 6 heteroatoms. The highest BCUT2D eigenvalue weighted by molar-refractivity contribution is 5.88. The lowest BCUT2D eigenvalue weighted by Gasteiger charge is -2.04. The van der Waals surface area contributed by atoms with E-state index in [0.29, 0.717) is 0 Å². The lowest BCUT2D eigenvalue weighted by molar-refractivity contribution is -0.145. The van der Waals surface area contributed by atoms with Crippen molar-refractivity contribution in [1.29, 1.82) is 0 Å². The number of rotatable bonds is 9. The van der Waals surface area contributed by atoms with E-state index in [9.17, 15) is 14.4 Å². The Bertz CT molecular complexity index is 683. The molecule has 1 aromatic carbocycles. The van der Waals surface area contributed by atoms with Crippen molar-refractivity contribution >= 4 is 30.1 Å². The van der Waals surface area contributed by atoms with Crippen LogP contribution >= 0.6 is 0 Å². The molecule has 0 bridgehead atoms. The number of benzene rings is 1. The third-order valence-corrected chi connectivity index (χ3v) is 2.85. The highest BCUT2D eigenvalue weighted by Crippen LogP contribution is 2.08. The van der Waals surface area contributed by atoms with Gasteiger partial charge in [-0.2, -0.15) is 0 Å². The third kappa shape index (κ3) is 9.22. The molecule has 0 spiro atoms. The average Bonchev–Trinajstić information content (AvgIpc) is 2.61. The number of ether oxygens (including phenoxy) is 3. The molecule has 0 heterocycles. The second-order valence-electron chi connectivity index (χ2n) is 5.36. The van der Waals surface area contributed by atoms with E-state index < -0.39 is 17.9 Å². The molecule has 0 aliphatic rings. The van der Waals surface area contributed by atoms with Crippen molar-refractivity contribution in [2.45, 2.75) is 20.0 Å². The fraction of sp³-hybridized carbons (Fsp3) is 0.250. The van der Waals surface area contributed by atoms with Gasteiger partial charge in [0.15, 0.2) is 0 Å². The van der Waals surface area contributed by atoms with Crippen LogP contribution in [-0.2, 0) is 28.6 Å². The molecule has 0 atom stereocenters. The van der Waals surface area contributed by atoms with Gasteiger partial charge in [-0.1, -0.05) is 30.8 Å². The predicted octanol–water partition coefficient (Wildman–Crippen LogP) is 2.94. The second-order valence-corrected chi connectivity index (χ2v) is 5.36. The van der Waals surface area contributed by atoms with Gasteiger partial charge in [0.05, 0.1) is 6.10 Å². The van der Waals surface area contributed by atoms with E-state index in [1.165, 1.54) is 12.2 Å². The molecule has 138 valence electrons. The summed E-state index contributed by atoms with van der Waals surface area (Å²) in [6.45, 7) is 6.77. The normalized spacial score (nSPS) is 10.9. The molecule has 1 aromatic rings. The zero-order chi connectivity index (χ0) is 19.4. The molecule has 0 unspecified atom stereocenters. The molecule has 0 saturated carbocycles. The molecule has 0 aliphatic carbocycles. The zero-order valence-electron chi connectivity index (χ0n) is 14.8. The SMILES string of the molecule is C=CC(=O)OCCOC(=O)/C=C/c1ccc(/C=C/C(=O)OC(C)C)cc1. The minimum absolute atomic E-state index is 0.0231. The standard InChI is InChI=1S/C20H22O6/c1-4-18(21)24-13-14-25-19(22)11-9-16-5-7-17(8-6-16)10-12-20(23)26-15(2)3/h4-12,15H,1,13-14H2,2-3H3/b11-9+,12-10+. The minimum atomic E-state index is -0.566. The van der Waals surface area contributed by atoms with Crippen LogP contribution in [0.5, 0.6) is 0 Å². The first-order valence-corrected chi connectivity index (χ1v) is 8.03. The van der Waals surface area contributed by atoms with E-state index >= 15 is 0 Å². The first kappa shape index (κ1) is 20.9. The molecule has 0 aliphatic heterocycles. The van der Waals surface area contributed by atoms with Gasteiger partial charge in [0.1, 0.15) is 13.2 Å². The molecular weight excluding hydrogens is 336 g/mol. The van der Waals surface area contributed by atoms with Gasteiger partial charge in [-0.3, -0.25) is 0 Å². The second kappa shape index (κ2) is 11.4. The number of carbonyl (C=O) groups excluding carboxylic acids is 3. The molecule has 0 aromatic heterocycles. The van der Waals surface area contributed by atoms with Crippen molar-refractivity contribution in [3.63, 3.8) is 0 Å². The van der Waals surface area contributed by atoms with Crippen molar-refractivity contribution in [1.82, 2.24) is 0 Å². The molecule has 6 nitrogen and oxygen atoms in total. The Labute approximate surface area is 152 Å². The Morgan fingerprint density at radius 3 is 1.81 bits per heavy atom. The summed E-state index contributed by atoms with van der Waals surface area (Å²) in [5.74, 6) is -1.51. The van der Waals surface area contributed by atoms with Crippen LogP contribution in [0.4, 0.5) is 0 Å². The lowest BCUT2D eigenvalue weighted by Crippen LogP contribution is -2.11. The topological polar surface area (TPSA) is 78.9 Å². The Morgan fingerprint density at radius 1 is 0.885 bits per heavy atom. The average molecular weight is 358 g/mol. The van der Waals surface area contributed by atoms with Crippen molar-refractivity contribution in [3.8, 4) is 0 Å². The molecular formula is C20H22O6. The smallest absolute Gasteiger partial charge is 0.331 e. The summed E-state index contributed by atoms with van der Waals surface area (Å²) in [6, 6.07) is 7.20. The van der Waals surface area contributed by atoms with E-state index in [2.05, 4.69) is 11.3 Å². The van der Waals surface area contributed by atoms with Crippen LogP contribution < -0.4 is 0 Å². The molecule has 1 rings (SSSR count). The van der Waals surface area contributed by atoms with E-state index in [0.717, 1.165) is 17.2 Å². The molecule has 0 N–H and O–H groups in total. The Morgan fingerprint density at radius 2 is 1.35 bits per heavy atom. The van der Waals surface area contributed by atoms with Crippen LogP contribution in [0.15, 0.2) is 49.1 Å². The van der Waals surface area contributed by atoms with Gasteiger partial charge in [-0.25, -0.2) is 14.4 Å². The van der Waals surface area contributed by atoms with Gasteiger partial charge in [0, 0.05) is 18.2 Å².